The summed E-state index contributed by atoms with van der Waals surface area (Å²) in [6.45, 7) is 2.73. The first-order valence-electron chi connectivity index (χ1n) is 4.02. The van der Waals surface area contributed by atoms with Crippen molar-refractivity contribution >= 4 is 23.2 Å². The molecule has 1 nitrogen and oxygen atoms in total. The van der Waals surface area contributed by atoms with E-state index in [1.54, 1.807) is 6.08 Å². The highest BCUT2D eigenvalue weighted by molar-refractivity contribution is 6.50. The number of allylic oxidation sites excluding steroid dienone is 2. The quantitative estimate of drug-likeness (QED) is 0.646. The second-order valence-corrected chi connectivity index (χ2v) is 4.15. The Kier molecular flexibility index (Phi) is 3.63. The largest absolute Gasteiger partial charge is 0.371 e. The van der Waals surface area contributed by atoms with Crippen LogP contribution in [0.4, 0.5) is 0 Å². The lowest BCUT2D eigenvalue weighted by Crippen LogP contribution is -2.31. The van der Waals surface area contributed by atoms with Crippen LogP contribution in [0, 0.1) is 0 Å². The van der Waals surface area contributed by atoms with Crippen molar-refractivity contribution in [1.82, 2.24) is 0 Å². The molecule has 3 heteroatoms. The Morgan fingerprint density at radius 3 is 2.75 bits per heavy atom. The van der Waals surface area contributed by atoms with E-state index in [2.05, 4.69) is 0 Å². The minimum atomic E-state index is -0.899. The van der Waals surface area contributed by atoms with Crippen LogP contribution in [0.2, 0.25) is 0 Å². The lowest BCUT2D eigenvalue weighted by Gasteiger charge is -2.26. The molecular weight excluding hydrogens is 195 g/mol. The Balaban J connectivity index is 2.52. The highest BCUT2D eigenvalue weighted by Gasteiger charge is 2.32. The van der Waals surface area contributed by atoms with Crippen LogP contribution in [0.5, 0.6) is 0 Å². The zero-order valence-corrected chi connectivity index (χ0v) is 8.48. The first-order valence-corrected chi connectivity index (χ1v) is 4.78. The molecule has 0 bridgehead atoms. The van der Waals surface area contributed by atoms with Gasteiger partial charge in [-0.05, 0) is 12.5 Å². The summed E-state index contributed by atoms with van der Waals surface area (Å²) in [5, 5.41) is 0. The van der Waals surface area contributed by atoms with Crippen LogP contribution < -0.4 is 0 Å². The van der Waals surface area contributed by atoms with E-state index in [1.165, 1.54) is 0 Å². The second-order valence-electron chi connectivity index (χ2n) is 2.71. The van der Waals surface area contributed by atoms with Crippen molar-refractivity contribution in [1.29, 1.82) is 0 Å². The van der Waals surface area contributed by atoms with Gasteiger partial charge < -0.3 is 4.74 Å². The molecule has 0 aliphatic heterocycles. The molecule has 1 aliphatic carbocycles. The summed E-state index contributed by atoms with van der Waals surface area (Å²) in [4.78, 5) is 0. The number of hydrogen-bond acceptors (Lipinski definition) is 1. The summed E-state index contributed by atoms with van der Waals surface area (Å²) in [5.74, 6) is 0. The van der Waals surface area contributed by atoms with Crippen molar-refractivity contribution in [3.8, 4) is 0 Å². The Hall–Kier alpha value is 0.0200. The molecule has 0 amide bonds. The first kappa shape index (κ1) is 10.1. The second kappa shape index (κ2) is 4.31. The average Bonchev–Trinajstić information content (AvgIpc) is 2.02. The maximum atomic E-state index is 5.98. The average molecular weight is 207 g/mol. The molecule has 0 heterocycles. The normalized spacial score (nSPS) is 26.1. The Labute approximate surface area is 83.0 Å². The molecule has 0 saturated carbocycles. The highest BCUT2D eigenvalue weighted by Crippen LogP contribution is 2.32. The Morgan fingerprint density at radius 2 is 2.17 bits per heavy atom. The van der Waals surface area contributed by atoms with Crippen molar-refractivity contribution in [2.24, 2.45) is 0 Å². The monoisotopic (exact) mass is 206 g/mol. The zero-order chi connectivity index (χ0) is 9.03. The smallest absolute Gasteiger partial charge is 0.166 e. The Morgan fingerprint density at radius 1 is 1.42 bits per heavy atom. The number of ether oxygens (including phenoxy) is 1. The van der Waals surface area contributed by atoms with Gasteiger partial charge in [-0.2, -0.15) is 0 Å². The molecule has 0 aromatic carbocycles. The van der Waals surface area contributed by atoms with E-state index in [9.17, 15) is 0 Å². The van der Waals surface area contributed by atoms with E-state index in [1.807, 2.05) is 25.2 Å². The third-order valence-corrected chi connectivity index (χ3v) is 2.28. The van der Waals surface area contributed by atoms with Crippen LogP contribution in [-0.4, -0.2) is 17.0 Å². The molecule has 0 aromatic rings. The fourth-order valence-corrected chi connectivity index (χ4v) is 1.40. The number of rotatable bonds is 3. The van der Waals surface area contributed by atoms with Crippen LogP contribution in [0.25, 0.3) is 0 Å². The van der Waals surface area contributed by atoms with E-state index in [0.717, 1.165) is 6.42 Å². The van der Waals surface area contributed by atoms with Crippen LogP contribution in [0.1, 0.15) is 13.3 Å². The SMILES string of the molecule is CCCOC1C=CC=CC1(Cl)Cl. The molecule has 12 heavy (non-hydrogen) atoms. The molecule has 68 valence electrons. The minimum absolute atomic E-state index is 0.217. The zero-order valence-electron chi connectivity index (χ0n) is 6.97. The molecule has 0 N–H and O–H groups in total. The summed E-state index contributed by atoms with van der Waals surface area (Å²) in [6, 6.07) is 0. The van der Waals surface area contributed by atoms with E-state index in [4.69, 9.17) is 27.9 Å². The fourth-order valence-electron chi connectivity index (χ4n) is 0.984. The van der Waals surface area contributed by atoms with Crippen LogP contribution >= 0.6 is 23.2 Å². The van der Waals surface area contributed by atoms with Crippen LogP contribution in [0.3, 0.4) is 0 Å². The van der Waals surface area contributed by atoms with Gasteiger partial charge in [0, 0.05) is 6.61 Å². The maximum absolute atomic E-state index is 5.98. The van der Waals surface area contributed by atoms with E-state index in [0.29, 0.717) is 6.61 Å². The highest BCUT2D eigenvalue weighted by atomic mass is 35.5. The van der Waals surface area contributed by atoms with Crippen LogP contribution in [0.15, 0.2) is 24.3 Å². The number of hydrogen-bond donors (Lipinski definition) is 0. The molecule has 1 aliphatic rings. The molecule has 0 radical (unpaired) electrons. The summed E-state index contributed by atoms with van der Waals surface area (Å²) in [6.07, 6.45) is 8.07. The van der Waals surface area contributed by atoms with Crippen molar-refractivity contribution < 1.29 is 4.74 Å². The maximum Gasteiger partial charge on any atom is 0.166 e. The molecule has 0 saturated heterocycles. The van der Waals surface area contributed by atoms with Gasteiger partial charge >= 0.3 is 0 Å². The molecular formula is C9H12Cl2O. The van der Waals surface area contributed by atoms with E-state index in [-0.39, 0.29) is 6.10 Å². The summed E-state index contributed by atoms with van der Waals surface area (Å²) in [7, 11) is 0. The predicted molar refractivity (Wildman–Crippen MR) is 52.7 cm³/mol. The third-order valence-electron chi connectivity index (χ3n) is 1.60. The number of alkyl halides is 2. The van der Waals surface area contributed by atoms with Gasteiger partial charge in [0.25, 0.3) is 0 Å². The topological polar surface area (TPSA) is 9.23 Å². The van der Waals surface area contributed by atoms with Crippen molar-refractivity contribution in [2.75, 3.05) is 6.61 Å². The van der Waals surface area contributed by atoms with Gasteiger partial charge in [0.15, 0.2) is 4.33 Å². The van der Waals surface area contributed by atoms with Gasteiger partial charge in [0.2, 0.25) is 0 Å². The molecule has 1 unspecified atom stereocenters. The summed E-state index contributed by atoms with van der Waals surface area (Å²) >= 11 is 12.0. The van der Waals surface area contributed by atoms with Gasteiger partial charge in [-0.25, -0.2) is 0 Å². The van der Waals surface area contributed by atoms with Gasteiger partial charge in [0.05, 0.1) is 0 Å². The fraction of sp³-hybridized carbons (Fsp3) is 0.556. The lowest BCUT2D eigenvalue weighted by atomic mass is 10.1. The lowest BCUT2D eigenvalue weighted by molar-refractivity contribution is 0.0821. The third kappa shape index (κ3) is 2.51. The van der Waals surface area contributed by atoms with Crippen molar-refractivity contribution in [2.45, 2.75) is 23.8 Å². The molecule has 0 spiro atoms. The molecule has 0 fully saturated rings. The predicted octanol–water partition coefficient (Wildman–Crippen LogP) is 3.08. The minimum Gasteiger partial charge on any atom is -0.371 e. The van der Waals surface area contributed by atoms with Crippen molar-refractivity contribution in [3.05, 3.63) is 24.3 Å². The summed E-state index contributed by atoms with van der Waals surface area (Å²) < 4.78 is 4.55. The van der Waals surface area contributed by atoms with Gasteiger partial charge in [-0.3, -0.25) is 0 Å². The Bertz CT molecular complexity index is 197. The van der Waals surface area contributed by atoms with Gasteiger partial charge in [-0.1, -0.05) is 48.4 Å². The number of halogens is 2. The van der Waals surface area contributed by atoms with Gasteiger partial charge in [0.1, 0.15) is 6.10 Å². The molecule has 1 atom stereocenters. The van der Waals surface area contributed by atoms with E-state index < -0.39 is 4.33 Å². The molecule has 1 rings (SSSR count). The molecule has 0 aromatic heterocycles. The van der Waals surface area contributed by atoms with Gasteiger partial charge in [-0.15, -0.1) is 0 Å². The standard InChI is InChI=1S/C9H12Cl2O/c1-2-7-12-8-5-3-4-6-9(8,10)11/h3-6,8H,2,7H2,1H3. The van der Waals surface area contributed by atoms with Crippen molar-refractivity contribution in [3.63, 3.8) is 0 Å². The summed E-state index contributed by atoms with van der Waals surface area (Å²) in [5.41, 5.74) is 0. The first-order chi connectivity index (χ1) is 5.67. The van der Waals surface area contributed by atoms with E-state index >= 15 is 0 Å². The van der Waals surface area contributed by atoms with Crippen LogP contribution in [-0.2, 0) is 4.74 Å².